The second-order valence-corrected chi connectivity index (χ2v) is 6.32. The van der Waals surface area contributed by atoms with Gasteiger partial charge in [-0.1, -0.05) is 0 Å². The molecule has 2 aliphatic rings. The molecule has 2 rings (SSSR count). The van der Waals surface area contributed by atoms with E-state index in [9.17, 15) is 4.79 Å². The molecule has 17 heavy (non-hydrogen) atoms. The average Bonchev–Trinajstić information content (AvgIpc) is 2.47. The number of hydrogen-bond donors (Lipinski definition) is 1. The number of amides is 1. The Morgan fingerprint density at radius 2 is 1.82 bits per heavy atom. The van der Waals surface area contributed by atoms with Crippen molar-refractivity contribution in [2.45, 2.75) is 70.2 Å². The molecular weight excluding hydrogens is 216 g/mol. The lowest BCUT2D eigenvalue weighted by atomic mass is 9.98. The van der Waals surface area contributed by atoms with E-state index in [-0.39, 0.29) is 24.2 Å². The fourth-order valence-corrected chi connectivity index (χ4v) is 2.98. The third kappa shape index (κ3) is 2.99. The van der Waals surface area contributed by atoms with Crippen molar-refractivity contribution < 1.29 is 9.53 Å². The van der Waals surface area contributed by atoms with E-state index in [0.717, 1.165) is 25.7 Å². The van der Waals surface area contributed by atoms with Gasteiger partial charge >= 0.3 is 0 Å². The summed E-state index contributed by atoms with van der Waals surface area (Å²) in [5.74, 6) is 0.138. The van der Waals surface area contributed by atoms with E-state index in [1.54, 1.807) is 0 Å². The van der Waals surface area contributed by atoms with Gasteiger partial charge in [0.05, 0.1) is 5.60 Å². The molecule has 2 aliphatic heterocycles. The van der Waals surface area contributed by atoms with Crippen LogP contribution in [0.3, 0.4) is 0 Å². The van der Waals surface area contributed by atoms with Gasteiger partial charge in [-0.25, -0.2) is 0 Å². The molecule has 0 saturated carbocycles. The highest BCUT2D eigenvalue weighted by atomic mass is 16.5. The molecule has 2 saturated heterocycles. The Morgan fingerprint density at radius 1 is 1.29 bits per heavy atom. The summed E-state index contributed by atoms with van der Waals surface area (Å²) < 4.78 is 5.57. The summed E-state index contributed by atoms with van der Waals surface area (Å²) in [7, 11) is 0. The van der Waals surface area contributed by atoms with E-state index in [4.69, 9.17) is 10.5 Å². The Labute approximate surface area is 103 Å². The topological polar surface area (TPSA) is 55.6 Å². The molecular formula is C13H24N2O2. The second-order valence-electron chi connectivity index (χ2n) is 6.32. The van der Waals surface area contributed by atoms with Crippen LogP contribution < -0.4 is 5.73 Å². The first-order chi connectivity index (χ1) is 7.87. The summed E-state index contributed by atoms with van der Waals surface area (Å²) in [6.45, 7) is 6.12. The number of carbonyl (C=O) groups excluding carboxylic acids is 1. The van der Waals surface area contributed by atoms with Crippen LogP contribution in [0.25, 0.3) is 0 Å². The highest BCUT2D eigenvalue weighted by molar-refractivity contribution is 5.78. The first kappa shape index (κ1) is 12.8. The maximum atomic E-state index is 12.2. The van der Waals surface area contributed by atoms with Gasteiger partial charge in [-0.15, -0.1) is 0 Å². The molecule has 2 heterocycles. The Kier molecular flexibility index (Phi) is 3.46. The van der Waals surface area contributed by atoms with E-state index in [1.165, 1.54) is 0 Å². The minimum absolute atomic E-state index is 0.138. The summed E-state index contributed by atoms with van der Waals surface area (Å²) in [5.41, 5.74) is 5.74. The molecule has 2 N–H and O–H groups in total. The van der Waals surface area contributed by atoms with Crippen LogP contribution >= 0.6 is 0 Å². The van der Waals surface area contributed by atoms with E-state index in [0.29, 0.717) is 12.1 Å². The maximum absolute atomic E-state index is 12.2. The van der Waals surface area contributed by atoms with Crippen molar-refractivity contribution in [2.24, 2.45) is 5.73 Å². The molecule has 2 bridgehead atoms. The van der Waals surface area contributed by atoms with Crippen molar-refractivity contribution in [2.75, 3.05) is 6.61 Å². The van der Waals surface area contributed by atoms with Crippen molar-refractivity contribution in [3.05, 3.63) is 0 Å². The van der Waals surface area contributed by atoms with Crippen LogP contribution in [0, 0.1) is 0 Å². The number of fused-ring (bicyclic) bond motifs is 2. The predicted molar refractivity (Wildman–Crippen MR) is 66.6 cm³/mol. The molecule has 0 aromatic rings. The lowest BCUT2D eigenvalue weighted by Crippen LogP contribution is -2.51. The number of hydrogen-bond acceptors (Lipinski definition) is 3. The van der Waals surface area contributed by atoms with Crippen LogP contribution in [0.2, 0.25) is 0 Å². The predicted octanol–water partition coefficient (Wildman–Crippen LogP) is 1.28. The number of ether oxygens (including phenoxy) is 1. The first-order valence-corrected chi connectivity index (χ1v) is 6.57. The molecule has 0 spiro atoms. The zero-order chi connectivity index (χ0) is 12.6. The van der Waals surface area contributed by atoms with E-state index < -0.39 is 0 Å². The summed E-state index contributed by atoms with van der Waals surface area (Å²) in [6.07, 6.45) is 4.13. The number of nitrogens with two attached hydrogens (primary N) is 1. The van der Waals surface area contributed by atoms with Crippen molar-refractivity contribution in [3.8, 4) is 0 Å². The standard InChI is InChI=1S/C13H24N2O2/c1-13(2,3)17-8-12(16)15-10-4-5-11(15)7-9(14)6-10/h9-11H,4-8,14H2,1-3H3. The zero-order valence-corrected chi connectivity index (χ0v) is 11.1. The lowest BCUT2D eigenvalue weighted by molar-refractivity contribution is -0.145. The Morgan fingerprint density at radius 3 is 2.29 bits per heavy atom. The van der Waals surface area contributed by atoms with Crippen molar-refractivity contribution in [3.63, 3.8) is 0 Å². The minimum Gasteiger partial charge on any atom is -0.366 e. The van der Waals surface area contributed by atoms with Gasteiger partial charge in [0.15, 0.2) is 0 Å². The van der Waals surface area contributed by atoms with E-state index in [1.807, 2.05) is 25.7 Å². The van der Waals surface area contributed by atoms with Gasteiger partial charge < -0.3 is 15.4 Å². The smallest absolute Gasteiger partial charge is 0.249 e. The summed E-state index contributed by atoms with van der Waals surface area (Å²) in [5, 5.41) is 0. The molecule has 98 valence electrons. The molecule has 0 aromatic carbocycles. The quantitative estimate of drug-likeness (QED) is 0.791. The van der Waals surface area contributed by atoms with Crippen LogP contribution in [0.5, 0.6) is 0 Å². The minimum atomic E-state index is -0.249. The van der Waals surface area contributed by atoms with Crippen LogP contribution in [0.15, 0.2) is 0 Å². The zero-order valence-electron chi connectivity index (χ0n) is 11.1. The molecule has 2 unspecified atom stereocenters. The molecule has 2 atom stereocenters. The van der Waals surface area contributed by atoms with Gasteiger partial charge in [0.1, 0.15) is 6.61 Å². The van der Waals surface area contributed by atoms with Gasteiger partial charge in [0.25, 0.3) is 0 Å². The fraction of sp³-hybridized carbons (Fsp3) is 0.923. The third-order valence-corrected chi connectivity index (χ3v) is 3.69. The molecule has 1 amide bonds. The van der Waals surface area contributed by atoms with Gasteiger partial charge in [0, 0.05) is 18.1 Å². The molecule has 4 nitrogen and oxygen atoms in total. The van der Waals surface area contributed by atoms with Crippen LogP contribution in [-0.4, -0.2) is 41.1 Å². The maximum Gasteiger partial charge on any atom is 0.249 e. The van der Waals surface area contributed by atoms with Crippen molar-refractivity contribution >= 4 is 5.91 Å². The van der Waals surface area contributed by atoms with Crippen molar-refractivity contribution in [1.82, 2.24) is 4.90 Å². The highest BCUT2D eigenvalue weighted by Gasteiger charge is 2.42. The number of nitrogens with zero attached hydrogens (tertiary/aromatic N) is 1. The van der Waals surface area contributed by atoms with Crippen LogP contribution in [-0.2, 0) is 9.53 Å². The lowest BCUT2D eigenvalue weighted by Gasteiger charge is -2.38. The normalized spacial score (nSPS) is 32.9. The molecule has 2 fully saturated rings. The Hall–Kier alpha value is -0.610. The number of carbonyl (C=O) groups is 1. The van der Waals surface area contributed by atoms with Gasteiger partial charge in [-0.2, -0.15) is 0 Å². The fourth-order valence-electron chi connectivity index (χ4n) is 2.98. The monoisotopic (exact) mass is 240 g/mol. The summed E-state index contributed by atoms with van der Waals surface area (Å²) in [6, 6.07) is 1.000. The Bertz CT molecular complexity index is 284. The largest absolute Gasteiger partial charge is 0.366 e. The van der Waals surface area contributed by atoms with Crippen LogP contribution in [0.4, 0.5) is 0 Å². The van der Waals surface area contributed by atoms with E-state index in [2.05, 4.69) is 0 Å². The first-order valence-electron chi connectivity index (χ1n) is 6.57. The van der Waals surface area contributed by atoms with Crippen molar-refractivity contribution in [1.29, 1.82) is 0 Å². The number of piperidine rings is 1. The van der Waals surface area contributed by atoms with Crippen LogP contribution in [0.1, 0.15) is 46.5 Å². The van der Waals surface area contributed by atoms with Gasteiger partial charge in [0.2, 0.25) is 5.91 Å². The highest BCUT2D eigenvalue weighted by Crippen LogP contribution is 2.35. The summed E-state index contributed by atoms with van der Waals surface area (Å²) in [4.78, 5) is 14.2. The average molecular weight is 240 g/mol. The molecule has 0 aliphatic carbocycles. The van der Waals surface area contributed by atoms with Gasteiger partial charge in [-0.3, -0.25) is 4.79 Å². The molecule has 0 aromatic heterocycles. The second kappa shape index (κ2) is 4.58. The molecule has 4 heteroatoms. The summed E-state index contributed by atoms with van der Waals surface area (Å²) >= 11 is 0. The van der Waals surface area contributed by atoms with E-state index >= 15 is 0 Å². The SMILES string of the molecule is CC(C)(C)OCC(=O)N1C2CCC1CC(N)C2. The third-order valence-electron chi connectivity index (χ3n) is 3.69. The number of rotatable bonds is 2. The molecule has 0 radical (unpaired) electrons. The Balaban J connectivity index is 1.92. The van der Waals surface area contributed by atoms with Gasteiger partial charge in [-0.05, 0) is 46.5 Å².